The number of ether oxygens (including phenoxy) is 1. The highest BCUT2D eigenvalue weighted by Crippen LogP contribution is 2.29. The van der Waals surface area contributed by atoms with Gasteiger partial charge in [-0.25, -0.2) is 0 Å². The Morgan fingerprint density at radius 1 is 1.50 bits per heavy atom. The van der Waals surface area contributed by atoms with E-state index >= 15 is 0 Å². The fourth-order valence-electron chi connectivity index (χ4n) is 1.26. The number of nitrogens with two attached hydrogens (primary N) is 2. The van der Waals surface area contributed by atoms with Gasteiger partial charge in [-0.2, -0.15) is 0 Å². The molecule has 78 valence electrons. The van der Waals surface area contributed by atoms with Gasteiger partial charge in [0.25, 0.3) is 0 Å². The van der Waals surface area contributed by atoms with Crippen LogP contribution in [0, 0.1) is 6.92 Å². The minimum Gasteiger partial charge on any atom is -0.496 e. The predicted molar refractivity (Wildman–Crippen MR) is 58.7 cm³/mol. The van der Waals surface area contributed by atoms with Gasteiger partial charge in [-0.05, 0) is 24.6 Å². The van der Waals surface area contributed by atoms with Crippen LogP contribution in [0.3, 0.4) is 0 Å². The van der Waals surface area contributed by atoms with Crippen molar-refractivity contribution in [2.24, 2.45) is 11.5 Å². The van der Waals surface area contributed by atoms with Crippen LogP contribution in [-0.4, -0.2) is 13.7 Å². The molecule has 3 nitrogen and oxygen atoms in total. The fourth-order valence-corrected chi connectivity index (χ4v) is 1.44. The molecule has 1 aromatic rings. The van der Waals surface area contributed by atoms with E-state index in [0.717, 1.165) is 16.9 Å². The summed E-state index contributed by atoms with van der Waals surface area (Å²) in [6, 6.07) is 3.45. The van der Waals surface area contributed by atoms with E-state index in [1.807, 2.05) is 19.1 Å². The quantitative estimate of drug-likeness (QED) is 0.804. The summed E-state index contributed by atoms with van der Waals surface area (Å²) in [7, 11) is 1.61. The first-order chi connectivity index (χ1) is 6.60. The molecule has 14 heavy (non-hydrogen) atoms. The smallest absolute Gasteiger partial charge is 0.124 e. The highest BCUT2D eigenvalue weighted by molar-refractivity contribution is 6.31. The number of aryl methyl sites for hydroxylation is 1. The second kappa shape index (κ2) is 4.64. The molecule has 1 atom stereocenters. The van der Waals surface area contributed by atoms with Gasteiger partial charge in [0.1, 0.15) is 5.75 Å². The van der Waals surface area contributed by atoms with E-state index in [-0.39, 0.29) is 6.04 Å². The van der Waals surface area contributed by atoms with Gasteiger partial charge in [-0.3, -0.25) is 0 Å². The second-order valence-corrected chi connectivity index (χ2v) is 3.59. The number of methoxy groups -OCH3 is 1. The molecule has 1 rings (SSSR count). The Hall–Kier alpha value is -0.770. The van der Waals surface area contributed by atoms with Gasteiger partial charge in [-0.15, -0.1) is 0 Å². The molecule has 4 heteroatoms. The molecule has 1 aromatic carbocycles. The van der Waals surface area contributed by atoms with Crippen LogP contribution in [0.4, 0.5) is 0 Å². The van der Waals surface area contributed by atoms with Gasteiger partial charge >= 0.3 is 0 Å². The Balaban J connectivity index is 3.19. The molecule has 0 amide bonds. The van der Waals surface area contributed by atoms with Gasteiger partial charge in [0.15, 0.2) is 0 Å². The minimum atomic E-state index is -0.233. The molecule has 0 heterocycles. The SMILES string of the molecule is COc1cc(C)c(Cl)cc1[C@@H](N)CN. The first kappa shape index (κ1) is 11.3. The third kappa shape index (κ3) is 2.18. The molecule has 0 aliphatic heterocycles. The highest BCUT2D eigenvalue weighted by atomic mass is 35.5. The Morgan fingerprint density at radius 2 is 2.14 bits per heavy atom. The second-order valence-electron chi connectivity index (χ2n) is 3.19. The summed E-state index contributed by atoms with van der Waals surface area (Å²) >= 11 is 5.99. The maximum atomic E-state index is 5.99. The average molecular weight is 215 g/mol. The fraction of sp³-hybridized carbons (Fsp3) is 0.400. The molecule has 0 radical (unpaired) electrons. The van der Waals surface area contributed by atoms with Crippen molar-refractivity contribution in [3.05, 3.63) is 28.3 Å². The van der Waals surface area contributed by atoms with E-state index in [9.17, 15) is 0 Å². The molecule has 0 aliphatic rings. The van der Waals surface area contributed by atoms with Crippen LogP contribution in [0.5, 0.6) is 5.75 Å². The van der Waals surface area contributed by atoms with Crippen molar-refractivity contribution in [2.45, 2.75) is 13.0 Å². The summed E-state index contributed by atoms with van der Waals surface area (Å²) in [5, 5.41) is 0.685. The first-order valence-corrected chi connectivity index (χ1v) is 4.77. The Labute approximate surface area is 89.0 Å². The maximum absolute atomic E-state index is 5.99. The lowest BCUT2D eigenvalue weighted by Crippen LogP contribution is -2.21. The van der Waals surface area contributed by atoms with Crippen LogP contribution in [0.15, 0.2) is 12.1 Å². The van der Waals surface area contributed by atoms with Crippen molar-refractivity contribution < 1.29 is 4.74 Å². The molecule has 0 fully saturated rings. The molecular formula is C10H15ClN2O. The van der Waals surface area contributed by atoms with E-state index in [0.29, 0.717) is 11.6 Å². The standard InChI is InChI=1S/C10H15ClN2O/c1-6-3-10(14-2)7(4-8(6)11)9(13)5-12/h3-4,9H,5,12-13H2,1-2H3/t9-/m0/s1. The molecule has 0 bridgehead atoms. The van der Waals surface area contributed by atoms with Crippen LogP contribution in [0.1, 0.15) is 17.2 Å². The van der Waals surface area contributed by atoms with Gasteiger partial charge in [0.05, 0.1) is 7.11 Å². The van der Waals surface area contributed by atoms with Crippen LogP contribution in [-0.2, 0) is 0 Å². The molecule has 0 saturated carbocycles. The Morgan fingerprint density at radius 3 is 2.64 bits per heavy atom. The van der Waals surface area contributed by atoms with Gasteiger partial charge in [0, 0.05) is 23.2 Å². The molecule has 0 aromatic heterocycles. The van der Waals surface area contributed by atoms with Crippen molar-refractivity contribution in [1.82, 2.24) is 0 Å². The van der Waals surface area contributed by atoms with Crippen molar-refractivity contribution in [2.75, 3.05) is 13.7 Å². The monoisotopic (exact) mass is 214 g/mol. The summed E-state index contributed by atoms with van der Waals surface area (Å²) in [6.07, 6.45) is 0. The zero-order valence-electron chi connectivity index (χ0n) is 8.38. The van der Waals surface area contributed by atoms with Crippen molar-refractivity contribution in [3.8, 4) is 5.75 Å². The minimum absolute atomic E-state index is 0.233. The van der Waals surface area contributed by atoms with Crippen LogP contribution < -0.4 is 16.2 Å². The van der Waals surface area contributed by atoms with E-state index in [4.69, 9.17) is 27.8 Å². The molecular weight excluding hydrogens is 200 g/mol. The van der Waals surface area contributed by atoms with Crippen molar-refractivity contribution >= 4 is 11.6 Å². The number of benzene rings is 1. The lowest BCUT2D eigenvalue weighted by Gasteiger charge is -2.15. The average Bonchev–Trinajstić information content (AvgIpc) is 2.20. The number of hydrogen-bond acceptors (Lipinski definition) is 3. The third-order valence-corrected chi connectivity index (χ3v) is 2.57. The van der Waals surface area contributed by atoms with Gasteiger partial charge in [-0.1, -0.05) is 11.6 Å². The normalized spacial score (nSPS) is 12.6. The van der Waals surface area contributed by atoms with E-state index < -0.39 is 0 Å². The van der Waals surface area contributed by atoms with E-state index in [2.05, 4.69) is 0 Å². The van der Waals surface area contributed by atoms with Gasteiger partial charge in [0.2, 0.25) is 0 Å². The number of halogens is 1. The summed E-state index contributed by atoms with van der Waals surface area (Å²) in [6.45, 7) is 2.29. The van der Waals surface area contributed by atoms with Crippen LogP contribution in [0.25, 0.3) is 0 Å². The molecule has 4 N–H and O–H groups in total. The van der Waals surface area contributed by atoms with Crippen molar-refractivity contribution in [3.63, 3.8) is 0 Å². The number of rotatable bonds is 3. The summed E-state index contributed by atoms with van der Waals surface area (Å²) in [5.74, 6) is 0.741. The highest BCUT2D eigenvalue weighted by Gasteiger charge is 2.12. The largest absolute Gasteiger partial charge is 0.496 e. The van der Waals surface area contributed by atoms with E-state index in [1.165, 1.54) is 0 Å². The predicted octanol–water partition coefficient (Wildman–Crippen LogP) is 1.62. The summed E-state index contributed by atoms with van der Waals surface area (Å²) < 4.78 is 5.21. The molecule has 0 spiro atoms. The Bertz CT molecular complexity index is 328. The summed E-state index contributed by atoms with van der Waals surface area (Å²) in [4.78, 5) is 0. The van der Waals surface area contributed by atoms with Crippen LogP contribution >= 0.6 is 11.6 Å². The molecule has 0 saturated heterocycles. The molecule has 0 aliphatic carbocycles. The van der Waals surface area contributed by atoms with Crippen molar-refractivity contribution in [1.29, 1.82) is 0 Å². The van der Waals surface area contributed by atoms with Gasteiger partial charge < -0.3 is 16.2 Å². The van der Waals surface area contributed by atoms with Crippen LogP contribution in [0.2, 0.25) is 5.02 Å². The number of hydrogen-bond donors (Lipinski definition) is 2. The lowest BCUT2D eigenvalue weighted by molar-refractivity contribution is 0.405. The topological polar surface area (TPSA) is 61.3 Å². The zero-order chi connectivity index (χ0) is 10.7. The Kier molecular flexibility index (Phi) is 3.75. The lowest BCUT2D eigenvalue weighted by atomic mass is 10.0. The molecule has 0 unspecified atom stereocenters. The summed E-state index contributed by atoms with van der Waals surface area (Å²) in [5.41, 5.74) is 13.1. The zero-order valence-corrected chi connectivity index (χ0v) is 9.14. The third-order valence-electron chi connectivity index (χ3n) is 2.16. The first-order valence-electron chi connectivity index (χ1n) is 4.39. The van der Waals surface area contributed by atoms with E-state index in [1.54, 1.807) is 7.11 Å². The maximum Gasteiger partial charge on any atom is 0.124 e.